The molecule has 0 saturated heterocycles. The number of aromatic nitrogens is 3. The van der Waals surface area contributed by atoms with E-state index < -0.39 is 0 Å². The number of thiophene rings is 1. The van der Waals surface area contributed by atoms with Gasteiger partial charge < -0.3 is 0 Å². The van der Waals surface area contributed by atoms with Crippen LogP contribution in [-0.2, 0) is 6.42 Å². The molecule has 2 heterocycles. The third-order valence-electron chi connectivity index (χ3n) is 3.61. The van der Waals surface area contributed by atoms with Crippen molar-refractivity contribution >= 4 is 21.4 Å². The molecule has 0 aliphatic heterocycles. The first-order valence-corrected chi connectivity index (χ1v) is 7.89. The minimum absolute atomic E-state index is 0.0304. The van der Waals surface area contributed by atoms with Gasteiger partial charge in [-0.25, -0.2) is 9.67 Å². The van der Waals surface area contributed by atoms with E-state index in [1.807, 2.05) is 4.68 Å². The number of nitrogens with two attached hydrogens (primary N) is 1. The zero-order valence-electron chi connectivity index (χ0n) is 12.2. The molecule has 0 fully saturated rings. The summed E-state index contributed by atoms with van der Waals surface area (Å²) < 4.78 is 3.22. The van der Waals surface area contributed by atoms with Crippen molar-refractivity contribution < 1.29 is 0 Å². The van der Waals surface area contributed by atoms with Crippen LogP contribution in [0.5, 0.6) is 0 Å². The number of hydrogen-bond donors (Lipinski definition) is 2. The average Bonchev–Trinajstić information content (AvgIpc) is 3.11. The Morgan fingerprint density at radius 3 is 2.90 bits per heavy atom. The molecule has 6 heteroatoms. The number of rotatable bonds is 5. The molecule has 0 saturated carbocycles. The van der Waals surface area contributed by atoms with Crippen LogP contribution in [0.1, 0.15) is 37.3 Å². The third-order valence-corrected chi connectivity index (χ3v) is 4.59. The first-order chi connectivity index (χ1) is 10.2. The predicted octanol–water partition coefficient (Wildman–Crippen LogP) is 2.82. The standard InChI is InChI=1S/C15H19N5S/c1-10(2)20-15(17-9-18-20)7-13(19-16)12-8-21-14-6-4-3-5-11(12)14/h3-6,8-10,13,19H,7,16H2,1-2H3. The number of nitrogens with one attached hydrogen (secondary N) is 1. The second kappa shape index (κ2) is 5.93. The fourth-order valence-electron chi connectivity index (χ4n) is 2.56. The lowest BCUT2D eigenvalue weighted by Gasteiger charge is -2.17. The Morgan fingerprint density at radius 2 is 2.14 bits per heavy atom. The molecule has 2 aromatic heterocycles. The molecule has 3 N–H and O–H groups in total. The van der Waals surface area contributed by atoms with E-state index in [1.165, 1.54) is 15.6 Å². The summed E-state index contributed by atoms with van der Waals surface area (Å²) in [4.78, 5) is 4.37. The summed E-state index contributed by atoms with van der Waals surface area (Å²) in [6.07, 6.45) is 2.32. The normalized spacial score (nSPS) is 13.1. The van der Waals surface area contributed by atoms with Gasteiger partial charge in [-0.2, -0.15) is 5.10 Å². The summed E-state index contributed by atoms with van der Waals surface area (Å²) in [5, 5.41) is 7.71. The molecule has 5 nitrogen and oxygen atoms in total. The molecule has 3 aromatic rings. The number of hydrogen-bond acceptors (Lipinski definition) is 5. The number of benzene rings is 1. The van der Waals surface area contributed by atoms with Crippen LogP contribution in [0.2, 0.25) is 0 Å². The van der Waals surface area contributed by atoms with Crippen LogP contribution in [0.15, 0.2) is 36.0 Å². The van der Waals surface area contributed by atoms with Gasteiger partial charge in [-0.15, -0.1) is 11.3 Å². The number of hydrazine groups is 1. The van der Waals surface area contributed by atoms with E-state index in [1.54, 1.807) is 17.7 Å². The van der Waals surface area contributed by atoms with Gasteiger partial charge in [-0.3, -0.25) is 11.3 Å². The molecular formula is C15H19N5S. The zero-order valence-corrected chi connectivity index (χ0v) is 13.0. The van der Waals surface area contributed by atoms with Gasteiger partial charge in [0.1, 0.15) is 12.2 Å². The SMILES string of the molecule is CC(C)n1ncnc1CC(NN)c1csc2ccccc12. The summed E-state index contributed by atoms with van der Waals surface area (Å²) in [7, 11) is 0. The zero-order chi connectivity index (χ0) is 14.8. The molecule has 1 aromatic carbocycles. The first-order valence-electron chi connectivity index (χ1n) is 7.01. The van der Waals surface area contributed by atoms with Crippen molar-refractivity contribution in [3.05, 3.63) is 47.4 Å². The van der Waals surface area contributed by atoms with E-state index in [9.17, 15) is 0 Å². The van der Waals surface area contributed by atoms with Crippen LogP contribution in [0.3, 0.4) is 0 Å². The Balaban J connectivity index is 1.93. The van der Waals surface area contributed by atoms with Crippen molar-refractivity contribution in [1.82, 2.24) is 20.2 Å². The molecule has 0 aliphatic rings. The number of fused-ring (bicyclic) bond motifs is 1. The van der Waals surface area contributed by atoms with Gasteiger partial charge in [0, 0.05) is 17.2 Å². The maximum atomic E-state index is 5.79. The minimum Gasteiger partial charge on any atom is -0.271 e. The molecule has 1 unspecified atom stereocenters. The Hall–Kier alpha value is -1.76. The van der Waals surface area contributed by atoms with Crippen molar-refractivity contribution in [2.24, 2.45) is 5.84 Å². The smallest absolute Gasteiger partial charge is 0.138 e. The molecule has 0 radical (unpaired) electrons. The van der Waals surface area contributed by atoms with E-state index in [0.29, 0.717) is 6.04 Å². The first kappa shape index (κ1) is 14.2. The van der Waals surface area contributed by atoms with Crippen molar-refractivity contribution in [3.63, 3.8) is 0 Å². The van der Waals surface area contributed by atoms with Crippen LogP contribution < -0.4 is 11.3 Å². The second-order valence-electron chi connectivity index (χ2n) is 5.33. The maximum Gasteiger partial charge on any atom is 0.138 e. The highest BCUT2D eigenvalue weighted by Gasteiger charge is 2.18. The monoisotopic (exact) mass is 301 g/mol. The summed E-state index contributed by atoms with van der Waals surface area (Å²) in [6.45, 7) is 4.20. The second-order valence-corrected chi connectivity index (χ2v) is 6.24. The van der Waals surface area contributed by atoms with Crippen LogP contribution in [-0.4, -0.2) is 14.8 Å². The Morgan fingerprint density at radius 1 is 1.33 bits per heavy atom. The maximum absolute atomic E-state index is 5.79. The molecule has 1 atom stereocenters. The van der Waals surface area contributed by atoms with E-state index in [0.717, 1.165) is 12.2 Å². The largest absolute Gasteiger partial charge is 0.271 e. The lowest BCUT2D eigenvalue weighted by atomic mass is 10.0. The molecular weight excluding hydrogens is 282 g/mol. The lowest BCUT2D eigenvalue weighted by Crippen LogP contribution is -2.30. The average molecular weight is 301 g/mol. The molecule has 21 heavy (non-hydrogen) atoms. The van der Waals surface area contributed by atoms with Crippen molar-refractivity contribution in [2.45, 2.75) is 32.4 Å². The van der Waals surface area contributed by atoms with E-state index in [-0.39, 0.29) is 6.04 Å². The quantitative estimate of drug-likeness (QED) is 0.561. The van der Waals surface area contributed by atoms with Gasteiger partial charge in [-0.1, -0.05) is 18.2 Å². The highest BCUT2D eigenvalue weighted by atomic mass is 32.1. The molecule has 0 bridgehead atoms. The van der Waals surface area contributed by atoms with Crippen molar-refractivity contribution in [2.75, 3.05) is 0 Å². The van der Waals surface area contributed by atoms with E-state index in [4.69, 9.17) is 5.84 Å². The fourth-order valence-corrected chi connectivity index (χ4v) is 3.58. The van der Waals surface area contributed by atoms with Gasteiger partial charge in [0.25, 0.3) is 0 Å². The van der Waals surface area contributed by atoms with E-state index in [2.05, 4.69) is 59.0 Å². The van der Waals surface area contributed by atoms with Gasteiger partial charge >= 0.3 is 0 Å². The van der Waals surface area contributed by atoms with Crippen LogP contribution in [0.4, 0.5) is 0 Å². The highest BCUT2D eigenvalue weighted by Crippen LogP contribution is 2.31. The molecule has 0 spiro atoms. The summed E-state index contributed by atoms with van der Waals surface area (Å²) in [6, 6.07) is 8.71. The van der Waals surface area contributed by atoms with Crippen LogP contribution in [0, 0.1) is 0 Å². The molecule has 110 valence electrons. The molecule has 0 aliphatic carbocycles. The minimum atomic E-state index is 0.0304. The van der Waals surface area contributed by atoms with Crippen molar-refractivity contribution in [1.29, 1.82) is 0 Å². The number of nitrogens with zero attached hydrogens (tertiary/aromatic N) is 3. The Kier molecular flexibility index (Phi) is 4.01. The highest BCUT2D eigenvalue weighted by molar-refractivity contribution is 7.17. The topological polar surface area (TPSA) is 68.8 Å². The Bertz CT molecular complexity index is 730. The predicted molar refractivity (Wildman–Crippen MR) is 86.0 cm³/mol. The fraction of sp³-hybridized carbons (Fsp3) is 0.333. The summed E-state index contributed by atoms with van der Waals surface area (Å²) in [5.74, 6) is 6.74. The van der Waals surface area contributed by atoms with E-state index >= 15 is 0 Å². The molecule has 0 amide bonds. The molecule has 3 rings (SSSR count). The van der Waals surface area contributed by atoms with Gasteiger partial charge in [-0.05, 0) is 36.2 Å². The van der Waals surface area contributed by atoms with Crippen LogP contribution in [0.25, 0.3) is 10.1 Å². The lowest BCUT2D eigenvalue weighted by molar-refractivity contribution is 0.470. The van der Waals surface area contributed by atoms with Gasteiger partial charge in [0.05, 0.1) is 6.04 Å². The van der Waals surface area contributed by atoms with Crippen LogP contribution >= 0.6 is 11.3 Å². The third kappa shape index (κ3) is 2.70. The summed E-state index contributed by atoms with van der Waals surface area (Å²) in [5.41, 5.74) is 4.15. The van der Waals surface area contributed by atoms with Crippen molar-refractivity contribution in [3.8, 4) is 0 Å². The summed E-state index contributed by atoms with van der Waals surface area (Å²) >= 11 is 1.74. The van der Waals surface area contributed by atoms with Gasteiger partial charge in [0.2, 0.25) is 0 Å². The van der Waals surface area contributed by atoms with Gasteiger partial charge in [0.15, 0.2) is 0 Å². The Labute approximate surface area is 127 Å².